The number of carbonyl (C=O) groups excluding carboxylic acids is 1. The third-order valence-electron chi connectivity index (χ3n) is 2.07. The summed E-state index contributed by atoms with van der Waals surface area (Å²) in [5, 5.41) is 0.0558. The first-order valence-corrected chi connectivity index (χ1v) is 5.70. The molecule has 1 aromatic rings. The zero-order valence-corrected chi connectivity index (χ0v) is 10.4. The fourth-order valence-electron chi connectivity index (χ4n) is 1.28. The second kappa shape index (κ2) is 6.00. The van der Waals surface area contributed by atoms with Crippen LogP contribution in [0.1, 0.15) is 23.2 Å². The van der Waals surface area contributed by atoms with Crippen LogP contribution in [0.5, 0.6) is 0 Å². The van der Waals surface area contributed by atoms with Crippen LogP contribution in [-0.4, -0.2) is 18.1 Å². The Morgan fingerprint density at radius 1 is 1.59 bits per heavy atom. The van der Waals surface area contributed by atoms with Crippen LogP contribution >= 0.6 is 15.9 Å². The van der Waals surface area contributed by atoms with Gasteiger partial charge in [0, 0.05) is 5.33 Å². The van der Waals surface area contributed by atoms with Crippen molar-refractivity contribution in [3.05, 3.63) is 28.8 Å². The normalized spacial score (nSPS) is 10.7. The fraction of sp³-hybridized carbons (Fsp3) is 0.400. The molecule has 0 N–H and O–H groups in total. The highest BCUT2D eigenvalue weighted by molar-refractivity contribution is 9.08. The lowest BCUT2D eigenvalue weighted by Gasteiger charge is -2.09. The number of methoxy groups -OCH3 is 1. The van der Waals surface area contributed by atoms with Crippen molar-refractivity contribution in [1.29, 1.82) is 0 Å². The van der Waals surface area contributed by atoms with Crippen LogP contribution < -0.4 is 0 Å². The Labute approximate surface area is 104 Å². The van der Waals surface area contributed by atoms with Gasteiger partial charge in [0.05, 0.1) is 24.8 Å². The highest BCUT2D eigenvalue weighted by atomic mass is 79.9. The van der Waals surface area contributed by atoms with E-state index in [4.69, 9.17) is 0 Å². The third-order valence-corrected chi connectivity index (χ3v) is 2.67. The van der Waals surface area contributed by atoms with Crippen molar-refractivity contribution in [3.63, 3.8) is 0 Å². The molecule has 0 saturated carbocycles. The number of ether oxygens (including phenoxy) is 1. The van der Waals surface area contributed by atoms with Gasteiger partial charge in [0.2, 0.25) is 5.95 Å². The first-order valence-electron chi connectivity index (χ1n) is 4.58. The van der Waals surface area contributed by atoms with Gasteiger partial charge in [-0.15, -0.1) is 0 Å². The number of nitrogens with zero attached hydrogens (tertiary/aromatic N) is 1. The quantitative estimate of drug-likeness (QED) is 0.487. The average molecular weight is 312 g/mol. The summed E-state index contributed by atoms with van der Waals surface area (Å²) in [6, 6.07) is 1.26. The second-order valence-corrected chi connectivity index (χ2v) is 3.73. The van der Waals surface area contributed by atoms with Gasteiger partial charge in [-0.05, 0) is 11.6 Å². The molecule has 94 valence electrons. The molecule has 0 aliphatic carbocycles. The third kappa shape index (κ3) is 3.42. The molecule has 1 heterocycles. The lowest BCUT2D eigenvalue weighted by Crippen LogP contribution is -2.10. The molecule has 17 heavy (non-hydrogen) atoms. The molecular formula is C10H9BrF3NO2. The number of alkyl halides is 3. The summed E-state index contributed by atoms with van der Waals surface area (Å²) in [5.74, 6) is -1.86. The summed E-state index contributed by atoms with van der Waals surface area (Å²) in [6.07, 6.45) is -3.20. The Morgan fingerprint density at radius 2 is 2.24 bits per heavy atom. The number of aromatic nitrogens is 1. The van der Waals surface area contributed by atoms with Gasteiger partial charge in [0.15, 0.2) is 0 Å². The molecule has 0 amide bonds. The zero-order chi connectivity index (χ0) is 13.0. The topological polar surface area (TPSA) is 39.2 Å². The van der Waals surface area contributed by atoms with E-state index in [1.807, 2.05) is 0 Å². The Bertz CT molecular complexity index is 426. The van der Waals surface area contributed by atoms with E-state index in [2.05, 4.69) is 25.7 Å². The summed E-state index contributed by atoms with van der Waals surface area (Å²) in [5.41, 5.74) is -0.602. The van der Waals surface area contributed by atoms with Crippen LogP contribution in [0.3, 0.4) is 0 Å². The van der Waals surface area contributed by atoms with Crippen LogP contribution in [-0.2, 0) is 21.3 Å². The van der Waals surface area contributed by atoms with Crippen molar-refractivity contribution < 1.29 is 22.7 Å². The van der Waals surface area contributed by atoms with E-state index < -0.39 is 23.9 Å². The van der Waals surface area contributed by atoms with Gasteiger partial charge in [-0.25, -0.2) is 13.8 Å². The van der Waals surface area contributed by atoms with Crippen LogP contribution in [0, 0.1) is 5.95 Å². The standard InChI is InChI=1S/C10H9BrF3NO2/c1-17-7(16)3-6-2-5(4-11)8(9(12)13)10(14)15-6/h2,9H,3-4H2,1H3. The van der Waals surface area contributed by atoms with Gasteiger partial charge in [0.1, 0.15) is 0 Å². The summed E-state index contributed by atoms with van der Waals surface area (Å²) in [4.78, 5) is 14.3. The molecule has 1 aromatic heterocycles. The van der Waals surface area contributed by atoms with Gasteiger partial charge in [-0.2, -0.15) is 4.39 Å². The molecule has 7 heteroatoms. The van der Waals surface area contributed by atoms with Crippen molar-refractivity contribution in [2.75, 3.05) is 7.11 Å². The maximum absolute atomic E-state index is 13.3. The number of halogens is 4. The maximum Gasteiger partial charge on any atom is 0.311 e. The predicted molar refractivity (Wildman–Crippen MR) is 57.5 cm³/mol. The molecule has 0 bridgehead atoms. The Morgan fingerprint density at radius 3 is 2.71 bits per heavy atom. The van der Waals surface area contributed by atoms with Gasteiger partial charge < -0.3 is 4.74 Å². The second-order valence-electron chi connectivity index (χ2n) is 3.16. The van der Waals surface area contributed by atoms with Crippen LogP contribution in [0.4, 0.5) is 13.2 Å². The minimum Gasteiger partial charge on any atom is -0.469 e. The van der Waals surface area contributed by atoms with Crippen molar-refractivity contribution in [3.8, 4) is 0 Å². The number of rotatable bonds is 4. The lowest BCUT2D eigenvalue weighted by molar-refractivity contribution is -0.139. The van der Waals surface area contributed by atoms with Crippen molar-refractivity contribution in [2.24, 2.45) is 0 Å². The average Bonchev–Trinajstić information content (AvgIpc) is 2.27. The van der Waals surface area contributed by atoms with E-state index >= 15 is 0 Å². The first kappa shape index (κ1) is 14.0. The first-order chi connectivity index (χ1) is 7.99. The number of carbonyl (C=O) groups is 1. The highest BCUT2D eigenvalue weighted by Gasteiger charge is 2.21. The minimum atomic E-state index is -2.94. The molecule has 0 spiro atoms. The Hall–Kier alpha value is -1.11. The largest absolute Gasteiger partial charge is 0.469 e. The number of pyridine rings is 1. The molecular weight excluding hydrogens is 303 g/mol. The lowest BCUT2D eigenvalue weighted by atomic mass is 10.1. The highest BCUT2D eigenvalue weighted by Crippen LogP contribution is 2.27. The summed E-state index contributed by atoms with van der Waals surface area (Å²) in [7, 11) is 1.18. The van der Waals surface area contributed by atoms with E-state index in [1.165, 1.54) is 13.2 Å². The van der Waals surface area contributed by atoms with Crippen LogP contribution in [0.2, 0.25) is 0 Å². The van der Waals surface area contributed by atoms with Gasteiger partial charge >= 0.3 is 5.97 Å². The molecule has 0 saturated heterocycles. The van der Waals surface area contributed by atoms with Crippen LogP contribution in [0.15, 0.2) is 6.07 Å². The van der Waals surface area contributed by atoms with E-state index in [9.17, 15) is 18.0 Å². The number of esters is 1. The molecule has 0 aliphatic rings. The fourth-order valence-corrected chi connectivity index (χ4v) is 1.75. The Balaban J connectivity index is 3.13. The van der Waals surface area contributed by atoms with Gasteiger partial charge in [-0.1, -0.05) is 15.9 Å². The SMILES string of the molecule is COC(=O)Cc1cc(CBr)c(C(F)F)c(F)n1. The molecule has 1 rings (SSSR count). The molecule has 0 radical (unpaired) electrons. The molecule has 0 atom stereocenters. The van der Waals surface area contributed by atoms with Crippen LogP contribution in [0.25, 0.3) is 0 Å². The predicted octanol–water partition coefficient (Wildman–Crippen LogP) is 2.77. The number of hydrogen-bond acceptors (Lipinski definition) is 3. The smallest absolute Gasteiger partial charge is 0.311 e. The zero-order valence-electron chi connectivity index (χ0n) is 8.84. The minimum absolute atomic E-state index is 0.0558. The van der Waals surface area contributed by atoms with Crippen molar-refractivity contribution >= 4 is 21.9 Å². The molecule has 0 aliphatic heterocycles. The molecule has 3 nitrogen and oxygen atoms in total. The van der Waals surface area contributed by atoms with Crippen molar-refractivity contribution in [1.82, 2.24) is 4.98 Å². The maximum atomic E-state index is 13.3. The molecule has 0 fully saturated rings. The van der Waals surface area contributed by atoms with E-state index in [0.717, 1.165) is 0 Å². The summed E-state index contributed by atoms with van der Waals surface area (Å²) < 4.78 is 42.8. The van der Waals surface area contributed by atoms with Crippen molar-refractivity contribution in [2.45, 2.75) is 18.2 Å². The Kier molecular flexibility index (Phi) is 4.92. The van der Waals surface area contributed by atoms with Gasteiger partial charge in [-0.3, -0.25) is 4.79 Å². The van der Waals surface area contributed by atoms with E-state index in [1.54, 1.807) is 0 Å². The van der Waals surface area contributed by atoms with E-state index in [-0.39, 0.29) is 23.0 Å². The molecule has 0 aromatic carbocycles. The summed E-state index contributed by atoms with van der Waals surface area (Å²) in [6.45, 7) is 0. The van der Waals surface area contributed by atoms with E-state index in [0.29, 0.717) is 0 Å². The number of hydrogen-bond donors (Lipinski definition) is 0. The summed E-state index contributed by atoms with van der Waals surface area (Å²) >= 11 is 2.98. The molecule has 0 unspecified atom stereocenters. The monoisotopic (exact) mass is 311 g/mol. The van der Waals surface area contributed by atoms with Gasteiger partial charge in [0.25, 0.3) is 6.43 Å².